The summed E-state index contributed by atoms with van der Waals surface area (Å²) in [6.45, 7) is 4.58. The largest absolute Gasteiger partial charge is 0.756 e. The molecule has 0 aromatic carbocycles. The number of hydrogen-bond acceptors (Lipinski definition) is 6. The van der Waals surface area contributed by atoms with E-state index in [4.69, 9.17) is 9.05 Å². The number of phosphoric ester groups is 1. The summed E-state index contributed by atoms with van der Waals surface area (Å²) in [5, 5.41) is 14.0. The first-order chi connectivity index (χ1) is 43.5. The average molecular weight is 1260 g/mol. The molecule has 3 unspecified atom stereocenters. The molecular weight excluding hydrogens is 1120 g/mol. The van der Waals surface area contributed by atoms with Crippen LogP contribution in [-0.4, -0.2) is 68.5 Å². The molecule has 1 amide bonds. The van der Waals surface area contributed by atoms with E-state index in [1.54, 1.807) is 6.08 Å². The van der Waals surface area contributed by atoms with Crippen molar-refractivity contribution in [3.63, 3.8) is 0 Å². The summed E-state index contributed by atoms with van der Waals surface area (Å²) in [5.74, 6) is -0.193. The van der Waals surface area contributed by atoms with E-state index in [0.29, 0.717) is 17.4 Å². The number of amides is 1. The van der Waals surface area contributed by atoms with Gasteiger partial charge in [0.05, 0.1) is 39.9 Å². The van der Waals surface area contributed by atoms with Crippen LogP contribution in [0.1, 0.15) is 354 Å². The predicted molar refractivity (Wildman–Crippen MR) is 390 cm³/mol. The van der Waals surface area contributed by atoms with E-state index in [1.807, 2.05) is 27.2 Å². The van der Waals surface area contributed by atoms with Crippen LogP contribution in [-0.2, 0) is 18.4 Å². The van der Waals surface area contributed by atoms with Crippen LogP contribution in [0.2, 0.25) is 0 Å². The summed E-state index contributed by atoms with van der Waals surface area (Å²) < 4.78 is 23.5. The minimum absolute atomic E-state index is 0.00169. The Kier molecular flexibility index (Phi) is 67.7. The zero-order chi connectivity index (χ0) is 64.8. The van der Waals surface area contributed by atoms with Gasteiger partial charge >= 0.3 is 0 Å². The van der Waals surface area contributed by atoms with E-state index in [0.717, 1.165) is 83.5 Å². The van der Waals surface area contributed by atoms with E-state index < -0.39 is 20.0 Å². The number of nitrogens with one attached hydrogen (secondary N) is 1. The van der Waals surface area contributed by atoms with Crippen molar-refractivity contribution in [2.45, 2.75) is 366 Å². The molecule has 0 bridgehead atoms. The molecule has 0 aromatic heterocycles. The van der Waals surface area contributed by atoms with E-state index in [9.17, 15) is 19.4 Å². The molecule has 0 aliphatic rings. The molecule has 0 aliphatic heterocycles. The number of quaternary nitrogens is 1. The first kappa shape index (κ1) is 86.4. The Morgan fingerprint density at radius 3 is 1.00 bits per heavy atom. The third kappa shape index (κ3) is 72.7. The number of aliphatic hydroxyl groups is 1. The van der Waals surface area contributed by atoms with Gasteiger partial charge in [-0.05, 0) is 77.0 Å². The molecule has 8 nitrogen and oxygen atoms in total. The number of phosphoric acid groups is 1. The fourth-order valence-corrected chi connectivity index (χ4v) is 11.9. The quantitative estimate of drug-likeness (QED) is 0.0272. The Balaban J connectivity index is 3.99. The van der Waals surface area contributed by atoms with Crippen molar-refractivity contribution >= 4 is 13.7 Å². The monoisotopic (exact) mass is 1260 g/mol. The van der Waals surface area contributed by atoms with Crippen molar-refractivity contribution < 1.29 is 32.9 Å². The van der Waals surface area contributed by atoms with Crippen LogP contribution >= 0.6 is 7.82 Å². The molecule has 0 saturated carbocycles. The van der Waals surface area contributed by atoms with E-state index in [-0.39, 0.29) is 19.1 Å². The summed E-state index contributed by atoms with van der Waals surface area (Å²) in [6, 6.07) is -0.891. The summed E-state index contributed by atoms with van der Waals surface area (Å²) in [7, 11) is 1.27. The van der Waals surface area contributed by atoms with Crippen LogP contribution in [0.4, 0.5) is 0 Å². The van der Waals surface area contributed by atoms with Crippen LogP contribution in [0, 0.1) is 0 Å². The molecule has 0 radical (unpaired) electrons. The highest BCUT2D eigenvalue weighted by Crippen LogP contribution is 2.38. The standard InChI is InChI=1S/C80H147N2O6P/c1-6-8-10-12-14-16-18-20-22-24-26-28-30-32-34-35-36-37-38-39-40-41-42-43-44-45-46-47-48-50-52-54-56-58-60-62-64-66-68-70-72-74-80(84)81-78(77-88-89(85,86)87-76-75-82(3,4)5)79(83)73-71-69-67-65-63-61-59-57-55-53-51-49-33-31-29-27-25-23-21-19-17-15-13-11-9-7-2/h8,10,14,16,20,22,26,28,32,34,36-37,39-40,71,73,78-79,83H,6-7,9,11-13,15,17-19,21,23-25,27,29-31,33,35,38,41-70,72,74-77H2,1-5H3,(H-,81,84,85,86)/b10-8-,16-14-,22-20-,28-26-,34-32-,37-36-,40-39-,73-71+. The maximum absolute atomic E-state index is 13.1. The molecule has 0 aromatic rings. The van der Waals surface area contributed by atoms with Crippen molar-refractivity contribution in [3.8, 4) is 0 Å². The number of carbonyl (C=O) groups excluding carboxylic acids is 1. The molecule has 0 spiro atoms. The van der Waals surface area contributed by atoms with Crippen LogP contribution < -0.4 is 10.2 Å². The van der Waals surface area contributed by atoms with Crippen molar-refractivity contribution in [3.05, 3.63) is 97.2 Å². The number of aliphatic hydroxyl groups excluding tert-OH is 1. The molecule has 9 heteroatoms. The van der Waals surface area contributed by atoms with Crippen LogP contribution in [0.5, 0.6) is 0 Å². The molecule has 0 aliphatic carbocycles. The van der Waals surface area contributed by atoms with E-state index >= 15 is 0 Å². The van der Waals surface area contributed by atoms with E-state index in [1.165, 1.54) is 250 Å². The van der Waals surface area contributed by atoms with Gasteiger partial charge < -0.3 is 28.8 Å². The number of carbonyl (C=O) groups is 1. The number of likely N-dealkylation sites (N-methyl/N-ethyl adjacent to an activating group) is 1. The highest BCUT2D eigenvalue weighted by atomic mass is 31.2. The fourth-order valence-electron chi connectivity index (χ4n) is 11.2. The Labute approximate surface area is 553 Å². The highest BCUT2D eigenvalue weighted by molar-refractivity contribution is 7.45. The first-order valence-corrected chi connectivity index (χ1v) is 39.6. The summed E-state index contributed by atoms with van der Waals surface area (Å²) in [4.78, 5) is 25.7. The summed E-state index contributed by atoms with van der Waals surface area (Å²) >= 11 is 0. The lowest BCUT2D eigenvalue weighted by Gasteiger charge is -2.29. The lowest BCUT2D eigenvalue weighted by Crippen LogP contribution is -2.45. The van der Waals surface area contributed by atoms with Gasteiger partial charge in [0.1, 0.15) is 13.2 Å². The Morgan fingerprint density at radius 2 is 0.685 bits per heavy atom. The van der Waals surface area contributed by atoms with Crippen LogP contribution in [0.15, 0.2) is 97.2 Å². The molecular formula is C80H147N2O6P. The van der Waals surface area contributed by atoms with Gasteiger partial charge in [-0.3, -0.25) is 9.36 Å². The Morgan fingerprint density at radius 1 is 0.404 bits per heavy atom. The maximum atomic E-state index is 13.1. The zero-order valence-corrected chi connectivity index (χ0v) is 60.3. The van der Waals surface area contributed by atoms with Crippen molar-refractivity contribution in [2.75, 3.05) is 40.9 Å². The van der Waals surface area contributed by atoms with Gasteiger partial charge in [-0.25, -0.2) is 0 Å². The van der Waals surface area contributed by atoms with Crippen LogP contribution in [0.25, 0.3) is 0 Å². The van der Waals surface area contributed by atoms with Crippen molar-refractivity contribution in [1.29, 1.82) is 0 Å². The summed E-state index contributed by atoms with van der Waals surface area (Å²) in [6.07, 6.45) is 101. The second kappa shape index (κ2) is 69.8. The maximum Gasteiger partial charge on any atom is 0.268 e. The molecule has 0 rings (SSSR count). The third-order valence-electron chi connectivity index (χ3n) is 17.0. The average Bonchev–Trinajstić information content (AvgIpc) is 3.61. The molecule has 0 heterocycles. The van der Waals surface area contributed by atoms with Gasteiger partial charge in [0.15, 0.2) is 0 Å². The Bertz CT molecular complexity index is 1780. The topological polar surface area (TPSA) is 108 Å². The minimum Gasteiger partial charge on any atom is -0.756 e. The zero-order valence-electron chi connectivity index (χ0n) is 59.4. The van der Waals surface area contributed by atoms with Crippen LogP contribution in [0.3, 0.4) is 0 Å². The van der Waals surface area contributed by atoms with Crippen molar-refractivity contribution in [1.82, 2.24) is 5.32 Å². The molecule has 518 valence electrons. The second-order valence-corrected chi connectivity index (χ2v) is 28.4. The molecule has 3 atom stereocenters. The normalized spacial score (nSPS) is 14.1. The second-order valence-electron chi connectivity index (χ2n) is 27.0. The molecule has 2 N–H and O–H groups in total. The first-order valence-electron chi connectivity index (χ1n) is 38.1. The number of rotatable bonds is 70. The molecule has 89 heavy (non-hydrogen) atoms. The van der Waals surface area contributed by atoms with Gasteiger partial charge in [0.2, 0.25) is 5.91 Å². The smallest absolute Gasteiger partial charge is 0.268 e. The van der Waals surface area contributed by atoms with Gasteiger partial charge in [-0.15, -0.1) is 0 Å². The lowest BCUT2D eigenvalue weighted by molar-refractivity contribution is -0.870. The van der Waals surface area contributed by atoms with Gasteiger partial charge in [-0.1, -0.05) is 368 Å². The van der Waals surface area contributed by atoms with Gasteiger partial charge in [-0.2, -0.15) is 0 Å². The number of allylic oxidation sites excluding steroid dienone is 15. The minimum atomic E-state index is -4.61. The van der Waals surface area contributed by atoms with Crippen molar-refractivity contribution in [2.24, 2.45) is 0 Å². The predicted octanol–water partition coefficient (Wildman–Crippen LogP) is 24.2. The number of hydrogen-bond donors (Lipinski definition) is 2. The van der Waals surface area contributed by atoms with E-state index in [2.05, 4.69) is 104 Å². The molecule has 0 fully saturated rings. The summed E-state index contributed by atoms with van der Waals surface area (Å²) in [5.41, 5.74) is 0. The SMILES string of the molecule is CC/C=C\C/C=C\C/C=C\C/C=C\C/C=C\C/C=C\C/C=C\CCCCCCCCCCCCCCCCCCCCCC(=O)NC(COP(=O)([O-])OCC[N+](C)(C)C)C(O)/C=C/CCCCCCCCCCCCCCCCCCCCCCCCCC. The third-order valence-corrected chi connectivity index (χ3v) is 18.0. The highest BCUT2D eigenvalue weighted by Gasteiger charge is 2.23. The Hall–Kier alpha value is -2.58. The number of unbranched alkanes of at least 4 members (excludes halogenated alkanes) is 43. The number of nitrogens with zero attached hydrogens (tertiary/aromatic N) is 1. The molecule has 0 saturated heterocycles. The lowest BCUT2D eigenvalue weighted by atomic mass is 10.0. The fraction of sp³-hybridized carbons (Fsp3) is 0.787. The van der Waals surface area contributed by atoms with Gasteiger partial charge in [0.25, 0.3) is 7.82 Å². The van der Waals surface area contributed by atoms with Gasteiger partial charge in [0, 0.05) is 6.42 Å².